The second-order valence-electron chi connectivity index (χ2n) is 5.85. The molecular weight excluding hydrogens is 328 g/mol. The van der Waals surface area contributed by atoms with Gasteiger partial charge in [0.2, 0.25) is 5.91 Å². The molecular formula is C16H19ClN6O. The van der Waals surface area contributed by atoms with E-state index >= 15 is 0 Å². The molecule has 126 valence electrons. The van der Waals surface area contributed by atoms with Crippen LogP contribution < -0.4 is 15.5 Å². The van der Waals surface area contributed by atoms with Gasteiger partial charge < -0.3 is 15.5 Å². The maximum Gasteiger partial charge on any atom is 0.250 e. The predicted molar refractivity (Wildman–Crippen MR) is 93.4 cm³/mol. The Morgan fingerprint density at radius 3 is 3.04 bits per heavy atom. The molecule has 1 aliphatic heterocycles. The molecule has 0 saturated carbocycles. The van der Waals surface area contributed by atoms with Gasteiger partial charge in [0.15, 0.2) is 5.82 Å². The van der Waals surface area contributed by atoms with E-state index in [4.69, 9.17) is 17.3 Å². The molecule has 3 rings (SSSR count). The lowest BCUT2D eigenvalue weighted by molar-refractivity contribution is 0.1000. The second kappa shape index (κ2) is 7.00. The van der Waals surface area contributed by atoms with Gasteiger partial charge >= 0.3 is 0 Å². The minimum Gasteiger partial charge on any atom is -0.366 e. The van der Waals surface area contributed by atoms with E-state index in [9.17, 15) is 4.79 Å². The van der Waals surface area contributed by atoms with Gasteiger partial charge in [-0.25, -0.2) is 4.98 Å². The summed E-state index contributed by atoms with van der Waals surface area (Å²) in [6, 6.07) is 5.72. The van der Waals surface area contributed by atoms with E-state index in [1.54, 1.807) is 12.3 Å². The van der Waals surface area contributed by atoms with Gasteiger partial charge in [-0.1, -0.05) is 11.6 Å². The van der Waals surface area contributed by atoms with Gasteiger partial charge in [0.05, 0.1) is 10.6 Å². The number of likely N-dealkylation sites (N-methyl/N-ethyl adjacent to an activating group) is 1. The zero-order valence-corrected chi connectivity index (χ0v) is 14.1. The van der Waals surface area contributed by atoms with Crippen LogP contribution >= 0.6 is 11.6 Å². The zero-order chi connectivity index (χ0) is 17.1. The molecule has 0 aromatic carbocycles. The highest BCUT2D eigenvalue weighted by atomic mass is 35.5. The number of nitrogens with zero attached hydrogens (tertiary/aromatic N) is 5. The van der Waals surface area contributed by atoms with Crippen LogP contribution in [0.2, 0.25) is 5.02 Å². The molecule has 2 aromatic heterocycles. The van der Waals surface area contributed by atoms with Crippen LogP contribution in [0.5, 0.6) is 0 Å². The van der Waals surface area contributed by atoms with E-state index in [0.717, 1.165) is 31.7 Å². The number of carbonyl (C=O) groups is 1. The quantitative estimate of drug-likeness (QED) is 0.887. The molecule has 2 N–H and O–H groups in total. The number of pyridine rings is 1. The first-order chi connectivity index (χ1) is 11.6. The van der Waals surface area contributed by atoms with Gasteiger partial charge in [0, 0.05) is 38.6 Å². The second-order valence-corrected chi connectivity index (χ2v) is 6.25. The fourth-order valence-electron chi connectivity index (χ4n) is 3.02. The minimum absolute atomic E-state index is 0.305. The minimum atomic E-state index is -0.539. The van der Waals surface area contributed by atoms with E-state index in [2.05, 4.69) is 20.1 Å². The molecule has 0 aliphatic carbocycles. The Bertz CT molecular complexity index is 726. The van der Waals surface area contributed by atoms with Crippen LogP contribution in [0.15, 0.2) is 30.6 Å². The number of amides is 1. The SMILES string of the molecule is CN(CC1CCCN1c1cccnn1)c1ncc(C(N)=O)cc1Cl. The van der Waals surface area contributed by atoms with Crippen molar-refractivity contribution in [3.05, 3.63) is 41.2 Å². The Labute approximate surface area is 145 Å². The highest BCUT2D eigenvalue weighted by Gasteiger charge is 2.27. The highest BCUT2D eigenvalue weighted by Crippen LogP contribution is 2.27. The van der Waals surface area contributed by atoms with Gasteiger partial charge in [-0.3, -0.25) is 4.79 Å². The Kier molecular flexibility index (Phi) is 4.80. The van der Waals surface area contributed by atoms with Crippen LogP contribution in [-0.4, -0.2) is 47.3 Å². The van der Waals surface area contributed by atoms with Gasteiger partial charge in [0.1, 0.15) is 5.82 Å². The normalized spacial score (nSPS) is 17.1. The van der Waals surface area contributed by atoms with Crippen molar-refractivity contribution in [2.75, 3.05) is 29.9 Å². The van der Waals surface area contributed by atoms with E-state index in [-0.39, 0.29) is 0 Å². The molecule has 1 atom stereocenters. The first-order valence-electron chi connectivity index (χ1n) is 7.77. The van der Waals surface area contributed by atoms with E-state index < -0.39 is 5.91 Å². The number of rotatable bonds is 5. The predicted octanol–water partition coefficient (Wildman–Crippen LogP) is 1.73. The maximum atomic E-state index is 11.2. The summed E-state index contributed by atoms with van der Waals surface area (Å²) in [6.45, 7) is 1.71. The Morgan fingerprint density at radius 1 is 1.54 bits per heavy atom. The summed E-state index contributed by atoms with van der Waals surface area (Å²) in [6.07, 6.45) is 5.30. The lowest BCUT2D eigenvalue weighted by Gasteiger charge is -2.30. The number of aromatic nitrogens is 3. The Balaban J connectivity index is 1.74. The first kappa shape index (κ1) is 16.4. The van der Waals surface area contributed by atoms with Gasteiger partial charge in [-0.15, -0.1) is 5.10 Å². The summed E-state index contributed by atoms with van der Waals surface area (Å²) >= 11 is 6.26. The third kappa shape index (κ3) is 3.41. The van der Waals surface area contributed by atoms with Crippen LogP contribution in [0.3, 0.4) is 0 Å². The average molecular weight is 347 g/mol. The summed E-state index contributed by atoms with van der Waals surface area (Å²) in [7, 11) is 1.94. The Hall–Kier alpha value is -2.41. The van der Waals surface area contributed by atoms with Crippen molar-refractivity contribution < 1.29 is 4.79 Å². The molecule has 8 heteroatoms. The van der Waals surface area contributed by atoms with Gasteiger partial charge in [0.25, 0.3) is 0 Å². The van der Waals surface area contributed by atoms with Crippen LogP contribution in [0, 0.1) is 0 Å². The summed E-state index contributed by atoms with van der Waals surface area (Å²) in [4.78, 5) is 19.7. The average Bonchev–Trinajstić information content (AvgIpc) is 3.03. The monoisotopic (exact) mass is 346 g/mol. The van der Waals surface area contributed by atoms with Gasteiger partial charge in [-0.2, -0.15) is 5.10 Å². The van der Waals surface area contributed by atoms with Crippen LogP contribution in [0.4, 0.5) is 11.6 Å². The molecule has 0 radical (unpaired) electrons. The molecule has 24 heavy (non-hydrogen) atoms. The van der Waals surface area contributed by atoms with Crippen molar-refractivity contribution in [2.24, 2.45) is 5.73 Å². The molecule has 1 saturated heterocycles. The summed E-state index contributed by atoms with van der Waals surface area (Å²) in [5, 5.41) is 8.58. The number of nitrogens with two attached hydrogens (primary N) is 1. The van der Waals surface area contributed by atoms with Crippen LogP contribution in [-0.2, 0) is 0 Å². The summed E-state index contributed by atoms with van der Waals surface area (Å²) < 4.78 is 0. The van der Waals surface area contributed by atoms with E-state index in [1.807, 2.05) is 24.1 Å². The Morgan fingerprint density at radius 2 is 2.38 bits per heavy atom. The molecule has 0 spiro atoms. The molecule has 7 nitrogen and oxygen atoms in total. The fourth-order valence-corrected chi connectivity index (χ4v) is 3.33. The fraction of sp³-hybridized carbons (Fsp3) is 0.375. The number of hydrogen-bond donors (Lipinski definition) is 1. The summed E-state index contributed by atoms with van der Waals surface area (Å²) in [5.41, 5.74) is 5.56. The van der Waals surface area contributed by atoms with Crippen molar-refractivity contribution >= 4 is 29.1 Å². The van der Waals surface area contributed by atoms with E-state index in [0.29, 0.717) is 22.4 Å². The van der Waals surface area contributed by atoms with Crippen molar-refractivity contribution in [1.82, 2.24) is 15.2 Å². The highest BCUT2D eigenvalue weighted by molar-refractivity contribution is 6.33. The van der Waals surface area contributed by atoms with Gasteiger partial charge in [-0.05, 0) is 31.0 Å². The first-order valence-corrected chi connectivity index (χ1v) is 8.15. The lowest BCUT2D eigenvalue weighted by atomic mass is 10.2. The molecule has 1 fully saturated rings. The largest absolute Gasteiger partial charge is 0.366 e. The topological polar surface area (TPSA) is 88.2 Å². The standard InChI is InChI=1S/C16H19ClN6O/c1-22(16-13(17)8-11(9-19-16)15(18)24)10-12-4-3-7-23(12)14-5-2-6-20-21-14/h2,5-6,8-9,12H,3-4,7,10H2,1H3,(H2,18,24). The molecule has 1 aliphatic rings. The third-order valence-electron chi connectivity index (χ3n) is 4.18. The molecule has 1 unspecified atom stereocenters. The van der Waals surface area contributed by atoms with Crippen molar-refractivity contribution in [2.45, 2.75) is 18.9 Å². The number of carbonyl (C=O) groups excluding carboxylic acids is 1. The van der Waals surface area contributed by atoms with Crippen molar-refractivity contribution in [1.29, 1.82) is 0 Å². The molecule has 0 bridgehead atoms. The molecule has 3 heterocycles. The molecule has 1 amide bonds. The van der Waals surface area contributed by atoms with Crippen molar-refractivity contribution in [3.63, 3.8) is 0 Å². The number of primary amides is 1. The van der Waals surface area contributed by atoms with Crippen molar-refractivity contribution in [3.8, 4) is 0 Å². The zero-order valence-electron chi connectivity index (χ0n) is 13.4. The third-order valence-corrected chi connectivity index (χ3v) is 4.46. The number of hydrogen-bond acceptors (Lipinski definition) is 6. The summed E-state index contributed by atoms with van der Waals surface area (Å²) in [5.74, 6) is 0.979. The maximum absolute atomic E-state index is 11.2. The number of anilines is 2. The molecule has 2 aromatic rings. The van der Waals surface area contributed by atoms with E-state index in [1.165, 1.54) is 6.20 Å². The van der Waals surface area contributed by atoms with Crippen LogP contribution in [0.25, 0.3) is 0 Å². The lowest BCUT2D eigenvalue weighted by Crippen LogP contribution is -2.39. The number of halogens is 1. The van der Waals surface area contributed by atoms with Crippen LogP contribution in [0.1, 0.15) is 23.2 Å². The smallest absolute Gasteiger partial charge is 0.250 e.